The van der Waals surface area contributed by atoms with E-state index in [1.165, 1.54) is 27.5 Å². The van der Waals surface area contributed by atoms with Crippen molar-refractivity contribution in [3.05, 3.63) is 182 Å². The van der Waals surface area contributed by atoms with Gasteiger partial charge in [-0.25, -0.2) is 4.98 Å². The van der Waals surface area contributed by atoms with Crippen molar-refractivity contribution in [2.75, 3.05) is 0 Å². The number of nitrogens with zero attached hydrogens (tertiary/aromatic N) is 3. The fraction of sp³-hybridized carbons (Fsp3) is 0.0408. The van der Waals surface area contributed by atoms with Crippen LogP contribution in [0.2, 0.25) is 0 Å². The molecule has 0 N–H and O–H groups in total. The number of hydrogen-bond donors (Lipinski definition) is 0. The van der Waals surface area contributed by atoms with Crippen LogP contribution < -0.4 is 0 Å². The Morgan fingerprint density at radius 3 is 2.15 bits per heavy atom. The maximum absolute atomic E-state index is 6.85. The van der Waals surface area contributed by atoms with Crippen molar-refractivity contribution in [2.45, 2.75) is 12.8 Å². The van der Waals surface area contributed by atoms with Crippen LogP contribution in [-0.2, 0) is 0 Å². The predicted molar refractivity (Wildman–Crippen MR) is 220 cm³/mol. The number of para-hydroxylation sites is 4. The van der Waals surface area contributed by atoms with Crippen LogP contribution in [0.3, 0.4) is 0 Å². The number of allylic oxidation sites excluding steroid dienone is 4. The van der Waals surface area contributed by atoms with Gasteiger partial charge in [0.25, 0.3) is 0 Å². The van der Waals surface area contributed by atoms with Gasteiger partial charge in [-0.15, -0.1) is 0 Å². The molecule has 0 saturated heterocycles. The van der Waals surface area contributed by atoms with Crippen molar-refractivity contribution < 1.29 is 4.42 Å². The van der Waals surface area contributed by atoms with Crippen LogP contribution in [-0.4, -0.2) is 14.1 Å². The van der Waals surface area contributed by atoms with Crippen LogP contribution in [0.25, 0.3) is 94.0 Å². The van der Waals surface area contributed by atoms with Gasteiger partial charge in [0.1, 0.15) is 11.4 Å². The third-order valence-electron chi connectivity index (χ3n) is 10.8. The number of fused-ring (bicyclic) bond motifs is 7. The van der Waals surface area contributed by atoms with Crippen molar-refractivity contribution >= 4 is 60.4 Å². The first kappa shape index (κ1) is 29.8. The van der Waals surface area contributed by atoms with E-state index in [0.29, 0.717) is 0 Å². The summed E-state index contributed by atoms with van der Waals surface area (Å²) in [6, 6.07) is 56.3. The van der Waals surface area contributed by atoms with Crippen molar-refractivity contribution in [3.8, 4) is 33.6 Å². The second-order valence-electron chi connectivity index (χ2n) is 13.8. The minimum Gasteiger partial charge on any atom is -0.454 e. The van der Waals surface area contributed by atoms with E-state index >= 15 is 0 Å². The second-order valence-corrected chi connectivity index (χ2v) is 13.8. The van der Waals surface area contributed by atoms with Gasteiger partial charge >= 0.3 is 0 Å². The predicted octanol–water partition coefficient (Wildman–Crippen LogP) is 13.1. The molecule has 0 bridgehead atoms. The standard InChI is InChI=1S/C49H33N3O/c1-3-13-32(14-4-1)35-27-30-39-38-17-7-9-21-42(38)52(45(39)31-35)44-23-11-19-40-47-37(18-12-24-46(47)53-48(40)44)33-25-28-36(29-26-33)51-43-22-10-8-20-41(43)50-49(51)34-15-5-2-6-16-34/h1,3-5,7-31H,2,6H2. The van der Waals surface area contributed by atoms with E-state index in [9.17, 15) is 0 Å². The minimum absolute atomic E-state index is 0.874. The Bertz CT molecular complexity index is 3100. The topological polar surface area (TPSA) is 35.9 Å². The Hall–Kier alpha value is -6.91. The first-order chi connectivity index (χ1) is 26.3. The van der Waals surface area contributed by atoms with Crippen molar-refractivity contribution in [3.63, 3.8) is 0 Å². The molecule has 0 fully saturated rings. The Kier molecular flexibility index (Phi) is 6.65. The summed E-state index contributed by atoms with van der Waals surface area (Å²) in [4.78, 5) is 5.08. The number of furan rings is 1. The van der Waals surface area contributed by atoms with E-state index in [1.54, 1.807) is 0 Å². The van der Waals surface area contributed by atoms with Gasteiger partial charge < -0.3 is 8.98 Å². The molecule has 1 aliphatic carbocycles. The average Bonchev–Trinajstić information content (AvgIpc) is 3.91. The number of aromatic nitrogens is 3. The molecule has 10 aromatic rings. The maximum atomic E-state index is 6.85. The summed E-state index contributed by atoms with van der Waals surface area (Å²) in [6.45, 7) is 0. The van der Waals surface area contributed by atoms with Gasteiger partial charge in [0.2, 0.25) is 0 Å². The number of hydrogen-bond acceptors (Lipinski definition) is 2. The highest BCUT2D eigenvalue weighted by molar-refractivity contribution is 6.16. The Labute approximate surface area is 306 Å². The minimum atomic E-state index is 0.874. The van der Waals surface area contributed by atoms with Gasteiger partial charge in [-0.2, -0.15) is 0 Å². The highest BCUT2D eigenvalue weighted by Gasteiger charge is 2.21. The van der Waals surface area contributed by atoms with E-state index in [2.05, 4.69) is 185 Å². The lowest BCUT2D eigenvalue weighted by atomic mass is 9.99. The molecule has 7 aromatic carbocycles. The zero-order valence-electron chi connectivity index (χ0n) is 28.9. The van der Waals surface area contributed by atoms with Crippen molar-refractivity contribution in [1.29, 1.82) is 0 Å². The van der Waals surface area contributed by atoms with Crippen LogP contribution in [0.4, 0.5) is 0 Å². The molecule has 0 radical (unpaired) electrons. The Morgan fingerprint density at radius 1 is 0.528 bits per heavy atom. The summed E-state index contributed by atoms with van der Waals surface area (Å²) in [5.74, 6) is 0.978. The summed E-state index contributed by atoms with van der Waals surface area (Å²) >= 11 is 0. The molecular formula is C49H33N3O. The lowest BCUT2D eigenvalue weighted by Gasteiger charge is -2.13. The zero-order valence-corrected chi connectivity index (χ0v) is 28.9. The molecule has 53 heavy (non-hydrogen) atoms. The summed E-state index contributed by atoms with van der Waals surface area (Å²) in [7, 11) is 0. The summed E-state index contributed by atoms with van der Waals surface area (Å²) in [5.41, 5.74) is 14.1. The number of imidazole rings is 1. The smallest absolute Gasteiger partial charge is 0.159 e. The van der Waals surface area contributed by atoms with Gasteiger partial charge in [0.05, 0.1) is 27.8 Å². The Balaban J connectivity index is 1.08. The largest absolute Gasteiger partial charge is 0.454 e. The fourth-order valence-electron chi connectivity index (χ4n) is 8.34. The normalized spacial score (nSPS) is 13.2. The van der Waals surface area contributed by atoms with E-state index < -0.39 is 0 Å². The molecule has 3 heterocycles. The zero-order chi connectivity index (χ0) is 34.9. The first-order valence-corrected chi connectivity index (χ1v) is 18.3. The second kappa shape index (κ2) is 11.8. The molecule has 4 heteroatoms. The maximum Gasteiger partial charge on any atom is 0.159 e. The molecule has 0 unspecified atom stereocenters. The SMILES string of the molecule is C1=CC(c2nc3ccccc3n2-c2ccc(-c3cccc4oc5c(-n6c7ccccc7c7ccc(-c8ccccc8)cc76)cccc5c34)cc2)=CCC1. The van der Waals surface area contributed by atoms with Gasteiger partial charge in [0, 0.05) is 32.8 Å². The van der Waals surface area contributed by atoms with Crippen LogP contribution in [0, 0.1) is 0 Å². The molecule has 0 aliphatic heterocycles. The molecule has 0 atom stereocenters. The lowest BCUT2D eigenvalue weighted by molar-refractivity contribution is 0.666. The lowest BCUT2D eigenvalue weighted by Crippen LogP contribution is -2.01. The molecular weight excluding hydrogens is 647 g/mol. The van der Waals surface area contributed by atoms with Gasteiger partial charge in [-0.3, -0.25) is 4.57 Å². The van der Waals surface area contributed by atoms with Gasteiger partial charge in [0.15, 0.2) is 5.58 Å². The fourth-order valence-corrected chi connectivity index (χ4v) is 8.34. The molecule has 0 saturated carbocycles. The molecule has 3 aromatic heterocycles. The third kappa shape index (κ3) is 4.66. The van der Waals surface area contributed by atoms with E-state index in [-0.39, 0.29) is 0 Å². The number of rotatable bonds is 5. The van der Waals surface area contributed by atoms with E-state index in [4.69, 9.17) is 9.40 Å². The third-order valence-corrected chi connectivity index (χ3v) is 10.8. The van der Waals surface area contributed by atoms with Crippen LogP contribution in [0.1, 0.15) is 18.7 Å². The van der Waals surface area contributed by atoms with Crippen molar-refractivity contribution in [1.82, 2.24) is 14.1 Å². The number of benzene rings is 7. The van der Waals surface area contributed by atoms with Gasteiger partial charge in [-0.05, 0) is 83.6 Å². The monoisotopic (exact) mass is 679 g/mol. The van der Waals surface area contributed by atoms with Crippen molar-refractivity contribution in [2.24, 2.45) is 0 Å². The van der Waals surface area contributed by atoms with E-state index in [0.717, 1.165) is 85.2 Å². The summed E-state index contributed by atoms with van der Waals surface area (Å²) in [6.07, 6.45) is 8.85. The molecule has 11 rings (SSSR count). The van der Waals surface area contributed by atoms with Crippen LogP contribution in [0.5, 0.6) is 0 Å². The van der Waals surface area contributed by atoms with Crippen LogP contribution >= 0.6 is 0 Å². The summed E-state index contributed by atoms with van der Waals surface area (Å²) in [5, 5.41) is 4.66. The highest BCUT2D eigenvalue weighted by atomic mass is 16.3. The molecule has 0 spiro atoms. The highest BCUT2D eigenvalue weighted by Crippen LogP contribution is 2.42. The summed E-state index contributed by atoms with van der Waals surface area (Å²) < 4.78 is 11.5. The quantitative estimate of drug-likeness (QED) is 0.181. The van der Waals surface area contributed by atoms with Crippen LogP contribution in [0.15, 0.2) is 180 Å². The molecule has 250 valence electrons. The molecule has 4 nitrogen and oxygen atoms in total. The van der Waals surface area contributed by atoms with E-state index in [1.807, 2.05) is 0 Å². The molecule has 1 aliphatic rings. The molecule has 0 amide bonds. The Morgan fingerprint density at radius 2 is 1.28 bits per heavy atom. The first-order valence-electron chi connectivity index (χ1n) is 18.3. The average molecular weight is 680 g/mol. The van der Waals surface area contributed by atoms with Gasteiger partial charge in [-0.1, -0.05) is 127 Å².